The highest BCUT2D eigenvalue weighted by atomic mass is 16.4. The first kappa shape index (κ1) is 21.1. The smallest absolute Gasteiger partial charge is 0.328 e. The second kappa shape index (κ2) is 10.2. The molecule has 0 saturated carbocycles. The van der Waals surface area contributed by atoms with Gasteiger partial charge in [-0.05, 0) is 29.8 Å². The van der Waals surface area contributed by atoms with E-state index in [4.69, 9.17) is 16.6 Å². The van der Waals surface area contributed by atoms with E-state index in [1.54, 1.807) is 36.4 Å². The van der Waals surface area contributed by atoms with Crippen molar-refractivity contribution in [2.75, 3.05) is 11.5 Å². The average molecular weight is 388 g/mol. The third kappa shape index (κ3) is 6.80. The topological polar surface area (TPSA) is 123 Å². The second-order valence-electron chi connectivity index (χ2n) is 5.99. The second-order valence-corrected chi connectivity index (χ2v) is 5.99. The maximum atomic E-state index is 12.0. The Morgan fingerprint density at radius 3 is 1.69 bits per heavy atom. The third-order valence-corrected chi connectivity index (χ3v) is 3.70. The Hall–Kier alpha value is -4.19. The van der Waals surface area contributed by atoms with Crippen LogP contribution in [0.3, 0.4) is 0 Å². The number of hydrogen-bond acceptors (Lipinski definition) is 5. The van der Waals surface area contributed by atoms with E-state index >= 15 is 0 Å². The van der Waals surface area contributed by atoms with Gasteiger partial charge in [0.15, 0.2) is 0 Å². The molecule has 0 aliphatic heterocycles. The summed E-state index contributed by atoms with van der Waals surface area (Å²) in [6.45, 7) is 0. The summed E-state index contributed by atoms with van der Waals surface area (Å²) in [7, 11) is 0. The number of carbonyl (C=O) groups is 3. The number of anilines is 2. The molecule has 0 heterocycles. The standard InChI is InChI=1S/C14H12N2O2.C9H8O2/c15-11-6-10(7-12(16)8-11)14(18)13(17)9-4-2-1-3-5-9;10-9(11)7-6-8-4-2-1-3-5-8/h1-8H,15-16H2;1-7H,(H,10,11). The van der Waals surface area contributed by atoms with Crippen LogP contribution < -0.4 is 11.5 Å². The van der Waals surface area contributed by atoms with Gasteiger partial charge in [0.05, 0.1) is 0 Å². The monoisotopic (exact) mass is 388 g/mol. The van der Waals surface area contributed by atoms with Gasteiger partial charge in [0, 0.05) is 28.6 Å². The fraction of sp³-hybridized carbons (Fsp3) is 0. The summed E-state index contributed by atoms with van der Waals surface area (Å²) < 4.78 is 0. The lowest BCUT2D eigenvalue weighted by Crippen LogP contribution is -2.15. The Kier molecular flexibility index (Phi) is 7.44. The molecule has 0 amide bonds. The summed E-state index contributed by atoms with van der Waals surface area (Å²) in [6.07, 6.45) is 2.68. The zero-order valence-electron chi connectivity index (χ0n) is 15.5. The van der Waals surface area contributed by atoms with Crippen LogP contribution in [0.5, 0.6) is 0 Å². The number of ketones is 2. The van der Waals surface area contributed by atoms with E-state index in [1.165, 1.54) is 18.2 Å². The van der Waals surface area contributed by atoms with Crippen molar-refractivity contribution < 1.29 is 19.5 Å². The largest absolute Gasteiger partial charge is 0.478 e. The number of nitrogen functional groups attached to an aromatic ring is 2. The fourth-order valence-corrected chi connectivity index (χ4v) is 2.39. The van der Waals surface area contributed by atoms with Crippen LogP contribution in [0, 0.1) is 0 Å². The molecule has 0 saturated heterocycles. The highest BCUT2D eigenvalue weighted by molar-refractivity contribution is 6.49. The van der Waals surface area contributed by atoms with Gasteiger partial charge in [0.25, 0.3) is 0 Å². The lowest BCUT2D eigenvalue weighted by molar-refractivity contribution is -0.131. The van der Waals surface area contributed by atoms with Crippen molar-refractivity contribution in [3.05, 3.63) is 102 Å². The summed E-state index contributed by atoms with van der Waals surface area (Å²) in [5, 5.41) is 8.29. The minimum absolute atomic E-state index is 0.210. The number of benzene rings is 3. The molecule has 6 nitrogen and oxygen atoms in total. The van der Waals surface area contributed by atoms with Gasteiger partial charge in [0.1, 0.15) is 0 Å². The number of carbonyl (C=O) groups excluding carboxylic acids is 2. The summed E-state index contributed by atoms with van der Waals surface area (Å²) in [6, 6.07) is 22.1. The van der Waals surface area contributed by atoms with E-state index in [9.17, 15) is 14.4 Å². The van der Waals surface area contributed by atoms with Crippen molar-refractivity contribution in [1.29, 1.82) is 0 Å². The Balaban J connectivity index is 0.000000234. The van der Waals surface area contributed by atoms with Crippen LogP contribution in [0.2, 0.25) is 0 Å². The molecular formula is C23H20N2O4. The Bertz CT molecular complexity index is 1010. The first-order chi connectivity index (χ1) is 13.9. The first-order valence-electron chi connectivity index (χ1n) is 8.63. The Morgan fingerprint density at radius 1 is 0.690 bits per heavy atom. The summed E-state index contributed by atoms with van der Waals surface area (Å²) in [5.41, 5.74) is 13.4. The van der Waals surface area contributed by atoms with E-state index in [1.807, 2.05) is 30.3 Å². The Labute approximate surface area is 168 Å². The highest BCUT2D eigenvalue weighted by Gasteiger charge is 2.18. The Morgan fingerprint density at radius 2 is 1.17 bits per heavy atom. The number of nitrogens with two attached hydrogens (primary N) is 2. The molecule has 3 aromatic carbocycles. The van der Waals surface area contributed by atoms with Crippen LogP contribution in [-0.2, 0) is 4.79 Å². The molecule has 0 fully saturated rings. The average Bonchev–Trinajstić information content (AvgIpc) is 2.72. The van der Waals surface area contributed by atoms with Gasteiger partial charge in [-0.1, -0.05) is 60.7 Å². The first-order valence-corrected chi connectivity index (χ1v) is 8.63. The number of aliphatic carboxylic acids is 1. The zero-order chi connectivity index (χ0) is 21.2. The SMILES string of the molecule is Nc1cc(N)cc(C(=O)C(=O)c2ccccc2)c1.O=C(O)C=Cc1ccccc1. The fourth-order valence-electron chi connectivity index (χ4n) is 2.39. The van der Waals surface area contributed by atoms with Crippen LogP contribution >= 0.6 is 0 Å². The number of Topliss-reactive ketones (excluding diaryl/α,β-unsaturated/α-hetero) is 2. The molecular weight excluding hydrogens is 368 g/mol. The van der Waals surface area contributed by atoms with Gasteiger partial charge in [-0.3, -0.25) is 9.59 Å². The minimum atomic E-state index is -0.922. The number of carboxylic acid groups (broad SMARTS) is 1. The van der Waals surface area contributed by atoms with Gasteiger partial charge in [0.2, 0.25) is 11.6 Å². The normalized spacial score (nSPS) is 10.1. The molecule has 0 atom stereocenters. The molecule has 0 aromatic heterocycles. The molecule has 146 valence electrons. The third-order valence-electron chi connectivity index (χ3n) is 3.70. The predicted molar refractivity (Wildman–Crippen MR) is 113 cm³/mol. The lowest BCUT2D eigenvalue weighted by Gasteiger charge is -2.03. The summed E-state index contributed by atoms with van der Waals surface area (Å²) >= 11 is 0. The van der Waals surface area contributed by atoms with E-state index in [2.05, 4.69) is 0 Å². The highest BCUT2D eigenvalue weighted by Crippen LogP contribution is 2.16. The molecule has 0 spiro atoms. The molecule has 0 unspecified atom stereocenters. The number of carboxylic acids is 1. The lowest BCUT2D eigenvalue weighted by atomic mass is 10.0. The maximum absolute atomic E-state index is 12.0. The molecule has 0 bridgehead atoms. The van der Waals surface area contributed by atoms with Crippen molar-refractivity contribution in [3.8, 4) is 0 Å². The van der Waals surface area contributed by atoms with Crippen LogP contribution in [0.4, 0.5) is 11.4 Å². The number of rotatable bonds is 5. The quantitative estimate of drug-likeness (QED) is 0.265. The zero-order valence-corrected chi connectivity index (χ0v) is 15.5. The van der Waals surface area contributed by atoms with Crippen LogP contribution in [0.25, 0.3) is 6.08 Å². The van der Waals surface area contributed by atoms with Gasteiger partial charge < -0.3 is 16.6 Å². The molecule has 29 heavy (non-hydrogen) atoms. The van der Waals surface area contributed by atoms with Crippen molar-refractivity contribution in [2.45, 2.75) is 0 Å². The van der Waals surface area contributed by atoms with Crippen molar-refractivity contribution in [3.63, 3.8) is 0 Å². The molecule has 0 aliphatic carbocycles. The van der Waals surface area contributed by atoms with Gasteiger partial charge in [-0.15, -0.1) is 0 Å². The van der Waals surface area contributed by atoms with Gasteiger partial charge in [-0.2, -0.15) is 0 Å². The summed E-state index contributed by atoms with van der Waals surface area (Å²) in [4.78, 5) is 34.0. The molecule has 6 heteroatoms. The van der Waals surface area contributed by atoms with Crippen molar-refractivity contribution in [1.82, 2.24) is 0 Å². The molecule has 3 aromatic rings. The summed E-state index contributed by atoms with van der Waals surface area (Å²) in [5.74, 6) is -2.10. The minimum Gasteiger partial charge on any atom is -0.478 e. The van der Waals surface area contributed by atoms with E-state index in [0.717, 1.165) is 11.6 Å². The van der Waals surface area contributed by atoms with E-state index < -0.39 is 17.5 Å². The van der Waals surface area contributed by atoms with E-state index in [-0.39, 0.29) is 5.56 Å². The van der Waals surface area contributed by atoms with Crippen LogP contribution in [0.1, 0.15) is 26.3 Å². The van der Waals surface area contributed by atoms with Crippen LogP contribution in [0.15, 0.2) is 84.9 Å². The van der Waals surface area contributed by atoms with E-state index in [0.29, 0.717) is 16.9 Å². The molecule has 3 rings (SSSR count). The number of hydrogen-bond donors (Lipinski definition) is 3. The molecule has 0 aliphatic rings. The van der Waals surface area contributed by atoms with Crippen LogP contribution in [-0.4, -0.2) is 22.6 Å². The maximum Gasteiger partial charge on any atom is 0.328 e. The molecule has 5 N–H and O–H groups in total. The van der Waals surface area contributed by atoms with Crippen molar-refractivity contribution in [2.24, 2.45) is 0 Å². The van der Waals surface area contributed by atoms with Crippen molar-refractivity contribution >= 4 is 35.0 Å². The van der Waals surface area contributed by atoms with Gasteiger partial charge in [-0.25, -0.2) is 4.79 Å². The molecule has 0 radical (unpaired) electrons. The predicted octanol–water partition coefficient (Wildman–Crippen LogP) is 3.70. The van der Waals surface area contributed by atoms with Gasteiger partial charge >= 0.3 is 5.97 Å².